The summed E-state index contributed by atoms with van der Waals surface area (Å²) in [5.74, 6) is -5.10. The number of aromatic nitrogens is 2. The van der Waals surface area contributed by atoms with Crippen molar-refractivity contribution in [1.29, 1.82) is 5.53 Å². The Balaban J connectivity index is 0.827. The molecule has 4 heterocycles. The zero-order chi connectivity index (χ0) is 57.2. The van der Waals surface area contributed by atoms with Crippen molar-refractivity contribution in [3.05, 3.63) is 97.6 Å². The summed E-state index contributed by atoms with van der Waals surface area (Å²) in [6.07, 6.45) is 0.727. The number of carbonyl (C=O) groups excluding carboxylic acids is 7. The van der Waals surface area contributed by atoms with Gasteiger partial charge in [-0.25, -0.2) is 14.2 Å². The number of amides is 6. The van der Waals surface area contributed by atoms with Crippen molar-refractivity contribution >= 4 is 52.3 Å². The Labute approximate surface area is 457 Å². The Morgan fingerprint density at radius 1 is 0.850 bits per heavy atom. The summed E-state index contributed by atoms with van der Waals surface area (Å²) in [4.78, 5) is 112. The molecule has 2 aromatic carbocycles. The van der Waals surface area contributed by atoms with Gasteiger partial charge in [-0.05, 0) is 54.5 Å². The van der Waals surface area contributed by atoms with E-state index in [1.165, 1.54) is 10.6 Å². The number of aliphatic hydroxyl groups is 1. The van der Waals surface area contributed by atoms with E-state index in [1.807, 2.05) is 0 Å². The average Bonchev–Trinajstić information content (AvgIpc) is 4.06. The second kappa shape index (κ2) is 28.8. The first-order valence-electron chi connectivity index (χ1n) is 26.1. The van der Waals surface area contributed by atoms with Crippen LogP contribution in [0, 0.1) is 18.3 Å². The molecule has 0 radical (unpaired) electrons. The summed E-state index contributed by atoms with van der Waals surface area (Å²) in [5, 5.41) is 30.8. The third-order valence-corrected chi connectivity index (χ3v) is 13.6. The fourth-order valence-electron chi connectivity index (χ4n) is 9.46. The lowest BCUT2D eigenvalue weighted by molar-refractivity contribution is -0.172. The predicted octanol–water partition coefficient (Wildman–Crippen LogP) is -0.196. The van der Waals surface area contributed by atoms with Crippen molar-refractivity contribution in [1.82, 2.24) is 46.4 Å². The molecule has 0 unspecified atom stereocenters. The number of nitrogens with one attached hydrogen (secondary N) is 7. The van der Waals surface area contributed by atoms with Gasteiger partial charge in [0, 0.05) is 35.4 Å². The van der Waals surface area contributed by atoms with Gasteiger partial charge in [0.1, 0.15) is 49.0 Å². The second-order valence-electron chi connectivity index (χ2n) is 18.8. The van der Waals surface area contributed by atoms with Crippen LogP contribution in [-0.2, 0) is 93.6 Å². The zero-order valence-corrected chi connectivity index (χ0v) is 44.4. The molecule has 1 aliphatic carbocycles. The van der Waals surface area contributed by atoms with Crippen LogP contribution in [0.4, 0.5) is 4.39 Å². The van der Waals surface area contributed by atoms with Crippen molar-refractivity contribution in [3.8, 4) is 11.4 Å². The van der Waals surface area contributed by atoms with Crippen LogP contribution < -0.4 is 42.4 Å². The molecule has 3 atom stereocenters. The Morgan fingerprint density at radius 2 is 1.51 bits per heavy atom. The minimum Gasteiger partial charge on any atom is -0.458 e. The molecule has 428 valence electrons. The maximum absolute atomic E-state index is 15.4. The number of hydrogen-bond donors (Lipinski definition) is 8. The van der Waals surface area contributed by atoms with Gasteiger partial charge in [-0.3, -0.25) is 33.6 Å². The SMILES string of the molecule is CC[C@]1(O)C(=O)OCc2c1cc1n(c2=O)Cc2c-1nc1cc(F)c(C)c3c1c2[C@H](NC(=O)COCNC(=O)CNC(=O)[C@H](Cc1ccccc1)NC(=O)CNC(=O)CNC(=O)CCOCCOCCOCCOCCN=[N+]=N)CC3. The maximum atomic E-state index is 15.4. The van der Waals surface area contributed by atoms with Crippen LogP contribution in [0.25, 0.3) is 22.3 Å². The smallest absolute Gasteiger partial charge is 0.343 e. The molecule has 0 saturated carbocycles. The van der Waals surface area contributed by atoms with Crippen molar-refractivity contribution in [2.24, 2.45) is 5.11 Å². The van der Waals surface area contributed by atoms with Crippen LogP contribution in [0.15, 0.2) is 52.4 Å². The van der Waals surface area contributed by atoms with Gasteiger partial charge in [0.2, 0.25) is 40.4 Å². The van der Waals surface area contributed by atoms with E-state index in [-0.39, 0.29) is 63.4 Å². The number of nitrogens with zero attached hydrogens (tertiary/aromatic N) is 4. The zero-order valence-electron chi connectivity index (χ0n) is 44.4. The second-order valence-corrected chi connectivity index (χ2v) is 18.8. The van der Waals surface area contributed by atoms with Gasteiger partial charge in [-0.2, -0.15) is 0 Å². The number of carbonyl (C=O) groups is 7. The van der Waals surface area contributed by atoms with E-state index in [0.717, 1.165) is 5.56 Å². The Hall–Kier alpha value is -7.91. The number of esters is 1. The van der Waals surface area contributed by atoms with Crippen LogP contribution >= 0.6 is 0 Å². The van der Waals surface area contributed by atoms with Gasteiger partial charge in [0.05, 0.1) is 108 Å². The van der Waals surface area contributed by atoms with E-state index in [2.05, 4.69) is 41.9 Å². The summed E-state index contributed by atoms with van der Waals surface area (Å²) in [6.45, 7) is 3.35. The molecule has 0 fully saturated rings. The number of aryl methyl sites for hydroxylation is 1. The van der Waals surface area contributed by atoms with Crippen LogP contribution in [0.2, 0.25) is 0 Å². The van der Waals surface area contributed by atoms with Crippen molar-refractivity contribution in [2.75, 3.05) is 92.4 Å². The number of fused-ring (bicyclic) bond motifs is 5. The highest BCUT2D eigenvalue weighted by Gasteiger charge is 2.46. The third-order valence-electron chi connectivity index (χ3n) is 13.6. The molecule has 0 bridgehead atoms. The molecule has 6 amide bonds. The fraction of sp³-hybridized carbons (Fsp3) is 0.491. The van der Waals surface area contributed by atoms with Crippen LogP contribution in [0.3, 0.4) is 0 Å². The number of benzene rings is 2. The first-order valence-corrected chi connectivity index (χ1v) is 26.1. The van der Waals surface area contributed by atoms with Crippen LogP contribution in [-0.4, -0.2) is 154 Å². The first kappa shape index (κ1) is 59.7. The molecule has 8 N–H and O–H groups in total. The Kier molecular flexibility index (Phi) is 21.5. The van der Waals surface area contributed by atoms with Gasteiger partial charge >= 0.3 is 5.97 Å². The van der Waals surface area contributed by atoms with E-state index in [4.69, 9.17) is 38.9 Å². The normalized spacial score (nSPS) is 16.0. The first-order chi connectivity index (χ1) is 38.6. The number of hydrogen-bond acceptors (Lipinski definition) is 18. The largest absolute Gasteiger partial charge is 0.458 e. The molecule has 2 aliphatic heterocycles. The number of pyridine rings is 2. The maximum Gasteiger partial charge on any atom is 0.343 e. The molecule has 0 saturated heterocycles. The summed E-state index contributed by atoms with van der Waals surface area (Å²) in [5.41, 5.74) is 8.40. The van der Waals surface area contributed by atoms with Crippen molar-refractivity contribution in [2.45, 2.75) is 76.8 Å². The lowest BCUT2D eigenvalue weighted by atomic mass is 9.81. The predicted molar refractivity (Wildman–Crippen MR) is 279 cm³/mol. The average molecular weight is 1120 g/mol. The summed E-state index contributed by atoms with van der Waals surface area (Å²) >= 11 is 0. The minimum atomic E-state index is -2.05. The van der Waals surface area contributed by atoms with E-state index < -0.39 is 103 Å². The topological polar surface area (TPSA) is 352 Å². The fourth-order valence-corrected chi connectivity index (χ4v) is 9.46. The van der Waals surface area contributed by atoms with Gasteiger partial charge in [-0.1, -0.05) is 37.3 Å². The van der Waals surface area contributed by atoms with Gasteiger partial charge < -0.3 is 70.0 Å². The molecule has 27 heteroatoms. The molecule has 2 aromatic heterocycles. The molecule has 3 aliphatic rings. The summed E-state index contributed by atoms with van der Waals surface area (Å²) in [7, 11) is 0. The minimum absolute atomic E-state index is 0.0267. The van der Waals surface area contributed by atoms with E-state index >= 15 is 4.39 Å². The monoisotopic (exact) mass is 1110 g/mol. The Bertz CT molecular complexity index is 3060. The van der Waals surface area contributed by atoms with Crippen molar-refractivity contribution < 1.29 is 71.5 Å². The number of ether oxygens (including phenoxy) is 6. The lowest BCUT2D eigenvalue weighted by Crippen LogP contribution is -2.52. The molecular weight excluding hydrogens is 1050 g/mol. The lowest BCUT2D eigenvalue weighted by Gasteiger charge is -2.31. The molecule has 0 spiro atoms. The van der Waals surface area contributed by atoms with E-state index in [9.17, 15) is 43.5 Å². The molecule has 7 rings (SSSR count). The van der Waals surface area contributed by atoms with Gasteiger partial charge in [0.25, 0.3) is 5.56 Å². The molecule has 80 heavy (non-hydrogen) atoms. The standard InChI is InChI=1S/C53H64FN11O15/c1-3-53(74)36-22-41-49-34(27-65(41)51(72)35(36)28-80-52(53)73)48-38(10-9-33-31(2)37(54)23-39(63-49)47(33)48)61-46(70)29-79-30-59-44(68)25-58-50(71)40(21-32-7-5-4-6-8-32)62-45(69)26-57-43(67)24-56-42(66)11-13-75-15-17-77-19-20-78-18-16-76-14-12-60-64-55/h4-8,22-23,38,40,55,74H,3,9-21,24-30H2,1-2H3,(H5-,56,57,58,59,61,62,66,67,68,69,70,71)/p+1/t38-,40+,53-/m1/s1. The van der Waals surface area contributed by atoms with Crippen molar-refractivity contribution in [3.63, 3.8) is 0 Å². The third kappa shape index (κ3) is 15.3. The highest BCUT2D eigenvalue weighted by molar-refractivity contribution is 5.95. The van der Waals surface area contributed by atoms with Gasteiger partial charge in [-0.15, -0.1) is 0 Å². The van der Waals surface area contributed by atoms with Crippen LogP contribution in [0.5, 0.6) is 0 Å². The molecule has 26 nitrogen and oxygen atoms in total. The number of cyclic esters (lactones) is 1. The van der Waals surface area contributed by atoms with E-state index in [1.54, 1.807) is 50.2 Å². The summed E-state index contributed by atoms with van der Waals surface area (Å²) in [6, 6.07) is 9.85. The van der Waals surface area contributed by atoms with Crippen LogP contribution in [0.1, 0.15) is 71.2 Å². The summed E-state index contributed by atoms with van der Waals surface area (Å²) < 4.78 is 48.9. The number of rotatable bonds is 31. The quantitative estimate of drug-likeness (QED) is 0.00937. The molecule has 4 aromatic rings. The van der Waals surface area contributed by atoms with E-state index in [0.29, 0.717) is 97.0 Å². The highest BCUT2D eigenvalue weighted by Crippen LogP contribution is 2.46. The van der Waals surface area contributed by atoms with Gasteiger partial charge in [0.15, 0.2) is 5.60 Å². The molecular formula is C53H65FN11O15+. The number of halogens is 1. The highest BCUT2D eigenvalue weighted by atomic mass is 19.1. The Morgan fingerprint density at radius 3 is 2.23 bits per heavy atom.